The average Bonchev–Trinajstić information content (AvgIpc) is 3.19. The van der Waals surface area contributed by atoms with Crippen molar-refractivity contribution in [2.75, 3.05) is 0 Å². The van der Waals surface area contributed by atoms with Gasteiger partial charge in [0.1, 0.15) is 11.4 Å². The van der Waals surface area contributed by atoms with Crippen LogP contribution in [0.1, 0.15) is 18.9 Å². The van der Waals surface area contributed by atoms with Crippen molar-refractivity contribution >= 4 is 28.4 Å². The number of carboxylic acid groups (broad SMARTS) is 1. The van der Waals surface area contributed by atoms with Crippen LogP contribution in [0.2, 0.25) is 0 Å². The molecule has 190 valence electrons. The number of phenolic OH excluding ortho intramolecular Hbond substituents is 1. The number of hydrogen-bond acceptors (Lipinski definition) is 6. The molecule has 1 aromatic heterocycles. The van der Waals surface area contributed by atoms with Crippen LogP contribution < -0.4 is 4.74 Å². The number of hydrogen-bond donors (Lipinski definition) is 3. The number of para-hydroxylation sites is 2. The van der Waals surface area contributed by atoms with E-state index in [0.717, 1.165) is 24.0 Å². The molecule has 4 aromatic carbocycles. The lowest BCUT2D eigenvalue weighted by molar-refractivity contribution is 0.144. The van der Waals surface area contributed by atoms with E-state index in [2.05, 4.69) is 17.2 Å². The van der Waals surface area contributed by atoms with Crippen molar-refractivity contribution in [1.82, 2.24) is 4.57 Å². The van der Waals surface area contributed by atoms with Gasteiger partial charge in [0.25, 0.3) is 0 Å². The van der Waals surface area contributed by atoms with Gasteiger partial charge in [-0.1, -0.05) is 67.9 Å². The minimum absolute atomic E-state index is 0.0626. The molecular weight excluding hydrogens is 482 g/mol. The first-order valence-electron chi connectivity index (χ1n) is 12.1. The first kappa shape index (κ1) is 24.6. The van der Waals surface area contributed by atoms with E-state index in [4.69, 9.17) is 9.84 Å². The van der Waals surface area contributed by atoms with Crippen LogP contribution in [0.15, 0.2) is 101 Å². The van der Waals surface area contributed by atoms with Crippen LogP contribution in [0, 0.1) is 0 Å². The summed E-state index contributed by atoms with van der Waals surface area (Å²) in [6.45, 7) is 2.13. The van der Waals surface area contributed by atoms with Crippen LogP contribution >= 0.6 is 0 Å². The Morgan fingerprint density at radius 2 is 1.66 bits per heavy atom. The van der Waals surface area contributed by atoms with Crippen LogP contribution in [-0.4, -0.2) is 26.0 Å². The lowest BCUT2D eigenvalue weighted by atomic mass is 10.0. The van der Waals surface area contributed by atoms with E-state index in [1.54, 1.807) is 34.9 Å². The number of azo groups is 1. The summed E-state index contributed by atoms with van der Waals surface area (Å²) >= 11 is 0. The number of benzene rings is 4. The molecule has 0 bridgehead atoms. The molecule has 8 heteroatoms. The van der Waals surface area contributed by atoms with Gasteiger partial charge in [0.2, 0.25) is 5.88 Å². The predicted molar refractivity (Wildman–Crippen MR) is 145 cm³/mol. The SMILES string of the molecule is CCCc1ccc(-n2c(O)c(N=Nc3cccc(-c4cccc(OC(=O)O)c4)c3O)c3ccccc32)cc1. The maximum atomic E-state index is 11.2. The second kappa shape index (κ2) is 10.5. The monoisotopic (exact) mass is 507 g/mol. The average molecular weight is 508 g/mol. The molecule has 38 heavy (non-hydrogen) atoms. The number of rotatable bonds is 7. The minimum Gasteiger partial charge on any atom is -0.505 e. The van der Waals surface area contributed by atoms with Crippen molar-refractivity contribution in [1.29, 1.82) is 0 Å². The second-order valence-electron chi connectivity index (χ2n) is 8.71. The Bertz CT molecular complexity index is 1660. The van der Waals surface area contributed by atoms with Gasteiger partial charge in [-0.25, -0.2) is 4.79 Å². The van der Waals surface area contributed by atoms with Crippen molar-refractivity contribution in [3.05, 3.63) is 96.6 Å². The molecule has 0 spiro atoms. The molecule has 3 N–H and O–H groups in total. The van der Waals surface area contributed by atoms with Crippen LogP contribution in [0.25, 0.3) is 27.7 Å². The fraction of sp³-hybridized carbons (Fsp3) is 0.100. The number of aryl methyl sites for hydroxylation is 1. The minimum atomic E-state index is -1.43. The van der Waals surface area contributed by atoms with Crippen LogP contribution in [0.4, 0.5) is 16.2 Å². The van der Waals surface area contributed by atoms with Crippen LogP contribution in [-0.2, 0) is 6.42 Å². The topological polar surface area (TPSA) is 117 Å². The Balaban J connectivity index is 1.54. The molecule has 5 aromatic rings. The van der Waals surface area contributed by atoms with Gasteiger partial charge < -0.3 is 20.1 Å². The molecule has 0 saturated carbocycles. The number of nitrogens with zero attached hydrogens (tertiary/aromatic N) is 3. The van der Waals surface area contributed by atoms with Gasteiger partial charge in [-0.15, -0.1) is 10.2 Å². The van der Waals surface area contributed by atoms with Crippen molar-refractivity contribution < 1.29 is 24.9 Å². The van der Waals surface area contributed by atoms with E-state index < -0.39 is 6.16 Å². The lowest BCUT2D eigenvalue weighted by Gasteiger charge is -2.08. The molecule has 0 unspecified atom stereocenters. The zero-order chi connectivity index (χ0) is 26.6. The summed E-state index contributed by atoms with van der Waals surface area (Å²) in [6, 6.07) is 26.9. The summed E-state index contributed by atoms with van der Waals surface area (Å²) in [7, 11) is 0. The number of fused-ring (bicyclic) bond motifs is 1. The van der Waals surface area contributed by atoms with Crippen molar-refractivity contribution in [3.63, 3.8) is 0 Å². The zero-order valence-corrected chi connectivity index (χ0v) is 20.6. The maximum Gasteiger partial charge on any atom is 0.511 e. The van der Waals surface area contributed by atoms with Gasteiger partial charge in [0, 0.05) is 16.6 Å². The van der Waals surface area contributed by atoms with Gasteiger partial charge in [0.15, 0.2) is 11.4 Å². The van der Waals surface area contributed by atoms with E-state index in [0.29, 0.717) is 16.5 Å². The molecule has 0 amide bonds. The molecule has 0 aliphatic heterocycles. The first-order valence-corrected chi connectivity index (χ1v) is 12.1. The number of phenols is 1. The summed E-state index contributed by atoms with van der Waals surface area (Å²) in [5.41, 5.74) is 4.23. The van der Waals surface area contributed by atoms with Crippen LogP contribution in [0.5, 0.6) is 17.4 Å². The molecule has 0 atom stereocenters. The molecule has 0 aliphatic rings. The van der Waals surface area contributed by atoms with Gasteiger partial charge in [-0.05, 0) is 53.9 Å². The highest BCUT2D eigenvalue weighted by Gasteiger charge is 2.18. The summed E-state index contributed by atoms with van der Waals surface area (Å²) in [6.07, 6.45) is 0.610. The summed E-state index contributed by atoms with van der Waals surface area (Å²) in [5.74, 6) is -0.0762. The Morgan fingerprint density at radius 3 is 2.42 bits per heavy atom. The van der Waals surface area contributed by atoms with E-state index in [9.17, 15) is 15.0 Å². The fourth-order valence-electron chi connectivity index (χ4n) is 4.45. The number of ether oxygens (including phenoxy) is 1. The standard InChI is InChI=1S/C30H25N3O5/c1-2-7-19-14-16-21(17-15-19)33-26-13-4-3-10-24(26)27(29(33)35)32-31-25-12-6-11-23(28(25)34)20-8-5-9-22(18-20)38-30(36)37/h3-6,8-18,34-35H,2,7H2,1H3,(H,36,37). The molecular formula is C30H25N3O5. The molecule has 0 aliphatic carbocycles. The number of aromatic nitrogens is 1. The highest BCUT2D eigenvalue weighted by molar-refractivity contribution is 5.96. The fourth-order valence-corrected chi connectivity index (χ4v) is 4.45. The van der Waals surface area contributed by atoms with Crippen LogP contribution in [0.3, 0.4) is 0 Å². The van der Waals surface area contributed by atoms with Crippen molar-refractivity contribution in [2.24, 2.45) is 10.2 Å². The molecule has 8 nitrogen and oxygen atoms in total. The summed E-state index contributed by atoms with van der Waals surface area (Å²) < 4.78 is 6.45. The Labute approximate surface area is 218 Å². The highest BCUT2D eigenvalue weighted by Crippen LogP contribution is 2.43. The largest absolute Gasteiger partial charge is 0.511 e. The number of carbonyl (C=O) groups is 1. The third-order valence-corrected chi connectivity index (χ3v) is 6.18. The summed E-state index contributed by atoms with van der Waals surface area (Å²) in [4.78, 5) is 10.9. The van der Waals surface area contributed by atoms with Crippen molar-refractivity contribution in [2.45, 2.75) is 19.8 Å². The predicted octanol–water partition coefficient (Wildman–Crippen LogP) is 8.13. The third-order valence-electron chi connectivity index (χ3n) is 6.18. The maximum absolute atomic E-state index is 11.2. The van der Waals surface area contributed by atoms with Gasteiger partial charge >= 0.3 is 6.16 Å². The summed E-state index contributed by atoms with van der Waals surface area (Å²) in [5, 5.41) is 40.4. The zero-order valence-electron chi connectivity index (χ0n) is 20.6. The van der Waals surface area contributed by atoms with Crippen molar-refractivity contribution in [3.8, 4) is 34.2 Å². The van der Waals surface area contributed by atoms with Gasteiger partial charge in [-0.3, -0.25) is 4.57 Å². The quantitative estimate of drug-likeness (QED) is 0.117. The van der Waals surface area contributed by atoms with E-state index in [-0.39, 0.29) is 28.8 Å². The lowest BCUT2D eigenvalue weighted by Crippen LogP contribution is -2.02. The van der Waals surface area contributed by atoms with Gasteiger partial charge in [-0.2, -0.15) is 0 Å². The highest BCUT2D eigenvalue weighted by atomic mass is 16.7. The normalized spacial score (nSPS) is 11.3. The van der Waals surface area contributed by atoms with E-state index in [1.165, 1.54) is 17.7 Å². The third kappa shape index (κ3) is 4.79. The molecule has 0 radical (unpaired) electrons. The smallest absolute Gasteiger partial charge is 0.505 e. The second-order valence-corrected chi connectivity index (χ2v) is 8.71. The molecule has 5 rings (SSSR count). The number of aromatic hydroxyl groups is 2. The Kier molecular flexibility index (Phi) is 6.78. The van der Waals surface area contributed by atoms with E-state index in [1.807, 2.05) is 48.5 Å². The first-order chi connectivity index (χ1) is 18.5. The van der Waals surface area contributed by atoms with E-state index >= 15 is 0 Å². The molecule has 0 fully saturated rings. The Morgan fingerprint density at radius 1 is 0.895 bits per heavy atom. The van der Waals surface area contributed by atoms with Gasteiger partial charge in [0.05, 0.1) is 5.52 Å². The molecule has 0 saturated heterocycles. The Hall–Kier alpha value is -5.11. The molecule has 1 heterocycles.